The molecule has 174 valence electrons. The van der Waals surface area contributed by atoms with Crippen LogP contribution in [0.1, 0.15) is 12.5 Å². The number of likely N-dealkylation sites (N-methyl/N-ethyl adjacent to an activating group) is 1. The van der Waals surface area contributed by atoms with Crippen molar-refractivity contribution >= 4 is 29.2 Å². The summed E-state index contributed by atoms with van der Waals surface area (Å²) in [5, 5.41) is 4.09. The summed E-state index contributed by atoms with van der Waals surface area (Å²) in [6.07, 6.45) is -0.646. The van der Waals surface area contributed by atoms with Crippen molar-refractivity contribution < 1.29 is 14.3 Å². The van der Waals surface area contributed by atoms with Gasteiger partial charge in [-0.25, -0.2) is 4.79 Å². The zero-order chi connectivity index (χ0) is 23.3. The number of fused-ring (bicyclic) bond motifs is 3. The number of amides is 3. The van der Waals surface area contributed by atoms with Gasteiger partial charge >= 0.3 is 6.03 Å². The van der Waals surface area contributed by atoms with Crippen molar-refractivity contribution in [1.82, 2.24) is 20.0 Å². The molecule has 3 amide bonds. The number of methoxy groups -OCH3 is 1. The number of urea groups is 1. The van der Waals surface area contributed by atoms with Gasteiger partial charge in [0.25, 0.3) is 5.91 Å². The number of anilines is 1. The van der Waals surface area contributed by atoms with Crippen molar-refractivity contribution in [1.29, 1.82) is 0 Å². The number of nitrogens with one attached hydrogen (secondary N) is 1. The number of rotatable bonds is 4. The molecule has 3 aliphatic rings. The molecule has 0 aliphatic carbocycles. The lowest BCUT2D eigenvalue weighted by Gasteiger charge is -2.46. The summed E-state index contributed by atoms with van der Waals surface area (Å²) in [4.78, 5) is 34.3. The highest BCUT2D eigenvalue weighted by molar-refractivity contribution is 6.31. The van der Waals surface area contributed by atoms with Gasteiger partial charge in [-0.3, -0.25) is 19.9 Å². The number of para-hydroxylation sites is 2. The number of carbonyl (C=O) groups excluding carboxylic acids is 2. The second kappa shape index (κ2) is 8.52. The van der Waals surface area contributed by atoms with Crippen LogP contribution in [0.25, 0.3) is 0 Å². The van der Waals surface area contributed by atoms with E-state index >= 15 is 0 Å². The average molecular weight is 470 g/mol. The molecule has 0 bridgehead atoms. The summed E-state index contributed by atoms with van der Waals surface area (Å²) in [6, 6.07) is 14.4. The van der Waals surface area contributed by atoms with E-state index in [9.17, 15) is 9.59 Å². The molecule has 2 aromatic rings. The Labute approximate surface area is 198 Å². The zero-order valence-corrected chi connectivity index (χ0v) is 19.7. The Morgan fingerprint density at radius 3 is 2.58 bits per heavy atom. The number of hydrogen-bond donors (Lipinski definition) is 1. The maximum Gasteiger partial charge on any atom is 0.328 e. The molecule has 33 heavy (non-hydrogen) atoms. The molecule has 3 aliphatic heterocycles. The van der Waals surface area contributed by atoms with Crippen molar-refractivity contribution in [3.63, 3.8) is 0 Å². The third kappa shape index (κ3) is 3.62. The second-order valence-electron chi connectivity index (χ2n) is 8.97. The molecule has 8 nitrogen and oxygen atoms in total. The van der Waals surface area contributed by atoms with Crippen molar-refractivity contribution in [3.8, 4) is 5.75 Å². The van der Waals surface area contributed by atoms with E-state index in [0.29, 0.717) is 10.9 Å². The first-order valence-electron chi connectivity index (χ1n) is 11.1. The summed E-state index contributed by atoms with van der Waals surface area (Å²) in [7, 11) is 3.41. The second-order valence-corrected chi connectivity index (χ2v) is 9.37. The van der Waals surface area contributed by atoms with E-state index in [0.717, 1.165) is 30.1 Å². The minimum atomic E-state index is -0.486. The third-order valence-electron chi connectivity index (χ3n) is 6.77. The Morgan fingerprint density at radius 2 is 1.82 bits per heavy atom. The Balaban J connectivity index is 1.48. The van der Waals surface area contributed by atoms with Gasteiger partial charge in [0.1, 0.15) is 24.2 Å². The van der Waals surface area contributed by atoms with Crippen molar-refractivity contribution in [3.05, 3.63) is 59.1 Å². The maximum atomic E-state index is 13.7. The predicted molar refractivity (Wildman–Crippen MR) is 126 cm³/mol. The van der Waals surface area contributed by atoms with Gasteiger partial charge in [-0.2, -0.15) is 0 Å². The lowest BCUT2D eigenvalue weighted by Crippen LogP contribution is -2.66. The van der Waals surface area contributed by atoms with E-state index < -0.39 is 12.2 Å². The SMILES string of the molecule is COc1ccccc1N1CC(C)CN2C3C(=O)N(Cc4ccccc4Cl)C(=O)N(C)C3NC12. The topological polar surface area (TPSA) is 68.4 Å². The Kier molecular flexibility index (Phi) is 5.68. The Morgan fingerprint density at radius 1 is 1.09 bits per heavy atom. The quantitative estimate of drug-likeness (QED) is 0.742. The summed E-state index contributed by atoms with van der Waals surface area (Å²) in [6.45, 7) is 3.88. The molecule has 0 radical (unpaired) electrons. The normalized spacial score (nSPS) is 27.6. The number of carbonyl (C=O) groups is 2. The van der Waals surface area contributed by atoms with Crippen LogP contribution in [0.4, 0.5) is 10.5 Å². The van der Waals surface area contributed by atoms with E-state index in [2.05, 4.69) is 22.0 Å². The molecular weight excluding hydrogens is 442 g/mol. The molecule has 3 saturated heterocycles. The first-order chi connectivity index (χ1) is 15.9. The standard InChI is InChI=1S/C24H28ClN5O3/c1-15-12-28(18-10-6-7-11-19(18)33-3)23-26-21-20(29(23)13-15)22(31)30(24(32)27(21)2)14-16-8-4-5-9-17(16)25/h4-11,15,20-21,23,26H,12-14H2,1-3H3. The number of nitrogens with zero attached hydrogens (tertiary/aromatic N) is 4. The number of hydrogen-bond acceptors (Lipinski definition) is 6. The summed E-state index contributed by atoms with van der Waals surface area (Å²) in [5.74, 6) is 0.894. The van der Waals surface area contributed by atoms with E-state index in [1.807, 2.05) is 42.5 Å². The minimum Gasteiger partial charge on any atom is -0.495 e. The molecule has 9 heteroatoms. The molecule has 0 aromatic heterocycles. The fraction of sp³-hybridized carbons (Fsp3) is 0.417. The van der Waals surface area contributed by atoms with Gasteiger partial charge in [-0.05, 0) is 29.7 Å². The van der Waals surface area contributed by atoms with E-state index in [1.165, 1.54) is 4.90 Å². The minimum absolute atomic E-state index is 0.148. The lowest BCUT2D eigenvalue weighted by atomic mass is 10.0. The van der Waals surface area contributed by atoms with Gasteiger partial charge in [-0.1, -0.05) is 48.9 Å². The number of imide groups is 1. The van der Waals surface area contributed by atoms with E-state index in [1.54, 1.807) is 25.1 Å². The molecule has 1 N–H and O–H groups in total. The molecular formula is C24H28ClN5O3. The van der Waals surface area contributed by atoms with Crippen LogP contribution < -0.4 is 15.0 Å². The summed E-state index contributed by atoms with van der Waals surface area (Å²) >= 11 is 6.33. The third-order valence-corrected chi connectivity index (χ3v) is 7.13. The molecule has 5 rings (SSSR count). The van der Waals surface area contributed by atoms with Crippen LogP contribution in [0, 0.1) is 5.92 Å². The number of benzene rings is 2. The summed E-state index contributed by atoms with van der Waals surface area (Å²) < 4.78 is 5.61. The highest BCUT2D eigenvalue weighted by Crippen LogP contribution is 2.38. The molecule has 2 aromatic carbocycles. The van der Waals surface area contributed by atoms with Crippen LogP contribution in [0.5, 0.6) is 5.75 Å². The largest absolute Gasteiger partial charge is 0.495 e. The van der Waals surface area contributed by atoms with Gasteiger partial charge in [-0.15, -0.1) is 0 Å². The smallest absolute Gasteiger partial charge is 0.328 e. The fourth-order valence-corrected chi connectivity index (χ4v) is 5.41. The molecule has 4 unspecified atom stereocenters. The maximum absolute atomic E-state index is 13.7. The number of ether oxygens (including phenoxy) is 1. The zero-order valence-electron chi connectivity index (χ0n) is 18.9. The molecule has 3 heterocycles. The lowest BCUT2D eigenvalue weighted by molar-refractivity contribution is -0.139. The highest BCUT2D eigenvalue weighted by Gasteiger charge is 2.57. The van der Waals surface area contributed by atoms with Crippen LogP contribution in [0.15, 0.2) is 48.5 Å². The van der Waals surface area contributed by atoms with Crippen LogP contribution in [-0.4, -0.2) is 72.4 Å². The molecule has 3 fully saturated rings. The van der Waals surface area contributed by atoms with Crippen molar-refractivity contribution in [2.45, 2.75) is 32.0 Å². The molecule has 0 spiro atoms. The van der Waals surface area contributed by atoms with E-state index in [4.69, 9.17) is 16.3 Å². The van der Waals surface area contributed by atoms with Crippen LogP contribution in [-0.2, 0) is 11.3 Å². The van der Waals surface area contributed by atoms with Gasteiger partial charge in [0, 0.05) is 25.2 Å². The molecule has 4 atom stereocenters. The fourth-order valence-electron chi connectivity index (χ4n) is 5.21. The Bertz CT molecular complexity index is 1080. The summed E-state index contributed by atoms with van der Waals surface area (Å²) in [5.41, 5.74) is 1.71. The monoisotopic (exact) mass is 469 g/mol. The van der Waals surface area contributed by atoms with Crippen LogP contribution >= 0.6 is 11.6 Å². The first kappa shape index (κ1) is 22.0. The van der Waals surface area contributed by atoms with Gasteiger partial charge < -0.3 is 14.5 Å². The highest BCUT2D eigenvalue weighted by atomic mass is 35.5. The van der Waals surface area contributed by atoms with Crippen LogP contribution in [0.2, 0.25) is 5.02 Å². The van der Waals surface area contributed by atoms with Gasteiger partial charge in [0.05, 0.1) is 19.3 Å². The van der Waals surface area contributed by atoms with E-state index in [-0.39, 0.29) is 24.8 Å². The van der Waals surface area contributed by atoms with Crippen LogP contribution in [0.3, 0.4) is 0 Å². The number of halogens is 1. The van der Waals surface area contributed by atoms with Gasteiger partial charge in [0.2, 0.25) is 0 Å². The van der Waals surface area contributed by atoms with Crippen molar-refractivity contribution in [2.75, 3.05) is 32.1 Å². The predicted octanol–water partition coefficient (Wildman–Crippen LogP) is 2.78. The first-order valence-corrected chi connectivity index (χ1v) is 11.5. The average Bonchev–Trinajstić information content (AvgIpc) is 3.20. The van der Waals surface area contributed by atoms with Gasteiger partial charge in [0.15, 0.2) is 0 Å². The Hall–Kier alpha value is -2.81. The van der Waals surface area contributed by atoms with Crippen molar-refractivity contribution in [2.24, 2.45) is 5.92 Å². The molecule has 0 saturated carbocycles.